The molecule has 4 rings (SSSR count). The molecule has 0 nitrogen and oxygen atoms in total. The monoisotopic (exact) mass is 284 g/mol. The summed E-state index contributed by atoms with van der Waals surface area (Å²) in [4.78, 5) is 0. The highest BCUT2D eigenvalue weighted by molar-refractivity contribution is 5.91. The van der Waals surface area contributed by atoms with Crippen LogP contribution in [0.15, 0.2) is 55.1 Å². The highest BCUT2D eigenvalue weighted by atomic mass is 14.4. The Balaban J connectivity index is 1.77. The first-order chi connectivity index (χ1) is 10.7. The van der Waals surface area contributed by atoms with Gasteiger partial charge in [0.05, 0.1) is 0 Å². The fourth-order valence-electron chi connectivity index (χ4n) is 3.73. The predicted molar refractivity (Wildman–Crippen MR) is 95.8 cm³/mol. The second-order valence-electron chi connectivity index (χ2n) is 6.46. The van der Waals surface area contributed by atoms with Gasteiger partial charge in [-0.05, 0) is 53.7 Å². The van der Waals surface area contributed by atoms with E-state index >= 15 is 0 Å². The molecule has 1 atom stereocenters. The quantitative estimate of drug-likeness (QED) is 0.642. The molecule has 2 aromatic carbocycles. The Hall–Kier alpha value is -2.34. The van der Waals surface area contributed by atoms with Crippen LogP contribution in [0.3, 0.4) is 0 Å². The van der Waals surface area contributed by atoms with Crippen LogP contribution >= 0.6 is 0 Å². The summed E-state index contributed by atoms with van der Waals surface area (Å²) in [5.74, 6) is 0.578. The molecule has 0 aliphatic heterocycles. The maximum Gasteiger partial charge on any atom is 0.0142 e. The van der Waals surface area contributed by atoms with Gasteiger partial charge in [0.15, 0.2) is 0 Å². The smallest absolute Gasteiger partial charge is 0.0142 e. The Morgan fingerprint density at radius 3 is 2.45 bits per heavy atom. The minimum atomic E-state index is 0.578. The molecule has 0 radical (unpaired) electrons. The summed E-state index contributed by atoms with van der Waals surface area (Å²) in [5.41, 5.74) is 11.1. The van der Waals surface area contributed by atoms with Crippen molar-refractivity contribution in [2.24, 2.45) is 0 Å². The van der Waals surface area contributed by atoms with E-state index < -0.39 is 0 Å². The van der Waals surface area contributed by atoms with Gasteiger partial charge in [0, 0.05) is 5.92 Å². The molecule has 0 heteroatoms. The third kappa shape index (κ3) is 1.91. The molecular weight excluding hydrogens is 264 g/mol. The number of hydrogen-bond acceptors (Lipinski definition) is 0. The van der Waals surface area contributed by atoms with E-state index in [1.165, 1.54) is 44.5 Å². The topological polar surface area (TPSA) is 0 Å². The highest BCUT2D eigenvalue weighted by Gasteiger charge is 2.34. The van der Waals surface area contributed by atoms with E-state index in [9.17, 15) is 0 Å². The van der Waals surface area contributed by atoms with Crippen molar-refractivity contribution in [1.82, 2.24) is 0 Å². The molecule has 2 aliphatic rings. The van der Waals surface area contributed by atoms with Gasteiger partial charge in [-0.2, -0.15) is 0 Å². The van der Waals surface area contributed by atoms with Crippen molar-refractivity contribution in [3.05, 3.63) is 88.5 Å². The maximum absolute atomic E-state index is 3.97. The van der Waals surface area contributed by atoms with Crippen LogP contribution < -0.4 is 0 Å². The van der Waals surface area contributed by atoms with Gasteiger partial charge in [-0.1, -0.05) is 72.3 Å². The molecule has 0 aromatic heterocycles. The Bertz CT molecular complexity index is 846. The minimum Gasteiger partial charge on any atom is -0.0984 e. The first-order valence-electron chi connectivity index (χ1n) is 7.92. The third-order valence-electron chi connectivity index (χ3n) is 4.93. The lowest BCUT2D eigenvalue weighted by atomic mass is 9.66. The minimum absolute atomic E-state index is 0.578. The molecule has 0 amide bonds. The van der Waals surface area contributed by atoms with Crippen molar-refractivity contribution < 1.29 is 0 Å². The molecule has 0 saturated carbocycles. The summed E-state index contributed by atoms with van der Waals surface area (Å²) in [7, 11) is 0. The van der Waals surface area contributed by atoms with Gasteiger partial charge in [-0.15, -0.1) is 0 Å². The molecule has 0 N–H and O–H groups in total. The average molecular weight is 284 g/mol. The molecule has 0 fully saturated rings. The van der Waals surface area contributed by atoms with Crippen LogP contribution in [-0.2, 0) is 0 Å². The Kier molecular flexibility index (Phi) is 2.94. The van der Waals surface area contributed by atoms with E-state index in [0.717, 1.165) is 6.42 Å². The van der Waals surface area contributed by atoms with E-state index in [4.69, 9.17) is 0 Å². The summed E-state index contributed by atoms with van der Waals surface area (Å²) in [5, 5.41) is 0. The summed E-state index contributed by atoms with van der Waals surface area (Å²) in [6.45, 7) is 8.29. The number of allylic oxidation sites excluding steroid dienone is 4. The van der Waals surface area contributed by atoms with Gasteiger partial charge < -0.3 is 0 Å². The lowest BCUT2D eigenvalue weighted by Crippen LogP contribution is -2.18. The Morgan fingerprint density at radius 1 is 0.955 bits per heavy atom. The first kappa shape index (κ1) is 13.3. The molecule has 0 spiro atoms. The molecule has 0 bridgehead atoms. The van der Waals surface area contributed by atoms with E-state index in [1.54, 1.807) is 0 Å². The maximum atomic E-state index is 3.97. The predicted octanol–water partition coefficient (Wildman–Crippen LogP) is 5.91. The zero-order valence-corrected chi connectivity index (χ0v) is 13.2. The molecule has 0 saturated heterocycles. The highest BCUT2D eigenvalue weighted by Crippen LogP contribution is 2.53. The molecule has 2 aliphatic carbocycles. The van der Waals surface area contributed by atoms with E-state index in [1.807, 2.05) is 6.08 Å². The summed E-state index contributed by atoms with van der Waals surface area (Å²) in [6.07, 6.45) is 7.69. The Morgan fingerprint density at radius 2 is 1.68 bits per heavy atom. The van der Waals surface area contributed by atoms with Crippen LogP contribution in [0.2, 0.25) is 0 Å². The average Bonchev–Trinajstić information content (AvgIpc) is 2.52. The van der Waals surface area contributed by atoms with Gasteiger partial charge in [0.1, 0.15) is 0 Å². The second-order valence-corrected chi connectivity index (χ2v) is 6.46. The SMILES string of the molecule is C=Cc1ccc(C)cc1C1=CC=C2c3cc(C)ccc3C2C1. The molecule has 22 heavy (non-hydrogen) atoms. The number of hydrogen-bond donors (Lipinski definition) is 0. The number of benzene rings is 2. The fraction of sp³-hybridized carbons (Fsp3) is 0.182. The van der Waals surface area contributed by atoms with Crippen molar-refractivity contribution in [3.63, 3.8) is 0 Å². The number of aryl methyl sites for hydroxylation is 2. The van der Waals surface area contributed by atoms with Crippen LogP contribution in [0.5, 0.6) is 0 Å². The van der Waals surface area contributed by atoms with E-state index in [0.29, 0.717) is 5.92 Å². The van der Waals surface area contributed by atoms with E-state index in [2.05, 4.69) is 69.0 Å². The zero-order valence-electron chi connectivity index (χ0n) is 13.2. The molecular formula is C22H20. The van der Waals surface area contributed by atoms with Crippen molar-refractivity contribution >= 4 is 17.2 Å². The number of fused-ring (bicyclic) bond motifs is 4. The lowest BCUT2D eigenvalue weighted by Gasteiger charge is -2.37. The van der Waals surface area contributed by atoms with Crippen molar-refractivity contribution in [3.8, 4) is 0 Å². The van der Waals surface area contributed by atoms with Crippen LogP contribution in [0, 0.1) is 13.8 Å². The first-order valence-corrected chi connectivity index (χ1v) is 7.92. The van der Waals surface area contributed by atoms with Gasteiger partial charge in [-0.3, -0.25) is 0 Å². The summed E-state index contributed by atoms with van der Waals surface area (Å²) in [6, 6.07) is 13.5. The zero-order chi connectivity index (χ0) is 15.3. The molecule has 1 unspecified atom stereocenters. The molecule has 0 heterocycles. The van der Waals surface area contributed by atoms with Gasteiger partial charge in [0.25, 0.3) is 0 Å². The van der Waals surface area contributed by atoms with Gasteiger partial charge in [-0.25, -0.2) is 0 Å². The van der Waals surface area contributed by atoms with Crippen LogP contribution in [0.1, 0.15) is 45.7 Å². The summed E-state index contributed by atoms with van der Waals surface area (Å²) < 4.78 is 0. The largest absolute Gasteiger partial charge is 0.0984 e. The third-order valence-corrected chi connectivity index (χ3v) is 4.93. The fourth-order valence-corrected chi connectivity index (χ4v) is 3.73. The van der Waals surface area contributed by atoms with Crippen molar-refractivity contribution in [1.29, 1.82) is 0 Å². The lowest BCUT2D eigenvalue weighted by molar-refractivity contribution is 0.831. The van der Waals surface area contributed by atoms with Gasteiger partial charge in [0.2, 0.25) is 0 Å². The second kappa shape index (κ2) is 4.84. The molecule has 2 aromatic rings. The van der Waals surface area contributed by atoms with Crippen LogP contribution in [0.4, 0.5) is 0 Å². The summed E-state index contributed by atoms with van der Waals surface area (Å²) >= 11 is 0. The standard InChI is InChI=1S/C22H20/c1-4-16-7-5-14(2)11-20(16)17-8-10-19-21-12-15(3)6-9-18(21)22(19)13-17/h4-12,22H,1,13H2,2-3H3. The van der Waals surface area contributed by atoms with Crippen LogP contribution in [-0.4, -0.2) is 0 Å². The molecule has 108 valence electrons. The number of rotatable bonds is 2. The van der Waals surface area contributed by atoms with Crippen LogP contribution in [0.25, 0.3) is 17.2 Å². The van der Waals surface area contributed by atoms with Crippen molar-refractivity contribution in [2.45, 2.75) is 26.2 Å². The normalized spacial score (nSPS) is 18.5. The van der Waals surface area contributed by atoms with E-state index in [-0.39, 0.29) is 0 Å². The van der Waals surface area contributed by atoms with Gasteiger partial charge >= 0.3 is 0 Å². The Labute approximate surface area is 132 Å². The van der Waals surface area contributed by atoms with Crippen molar-refractivity contribution in [2.75, 3.05) is 0 Å².